The van der Waals surface area contributed by atoms with Gasteiger partial charge in [-0.15, -0.1) is 0 Å². The number of benzene rings is 1. The number of hydrogen-bond donors (Lipinski definition) is 1. The van der Waals surface area contributed by atoms with Crippen molar-refractivity contribution in [3.05, 3.63) is 35.4 Å². The van der Waals surface area contributed by atoms with Crippen LogP contribution in [0.15, 0.2) is 24.3 Å². The minimum Gasteiger partial charge on any atom is -0.389 e. The van der Waals surface area contributed by atoms with E-state index in [-0.39, 0.29) is 3.79 Å². The lowest BCUT2D eigenvalue weighted by Crippen LogP contribution is -1.92. The van der Waals surface area contributed by atoms with Crippen LogP contribution in [0, 0.1) is 0 Å². The SMILES string of the molecule is CC(O)c1ccc(C(=O)I)cc1. The Bertz CT molecular complexity index is 277. The van der Waals surface area contributed by atoms with Crippen LogP contribution in [-0.2, 0) is 0 Å². The lowest BCUT2D eigenvalue weighted by atomic mass is 10.1. The number of halogens is 1. The largest absolute Gasteiger partial charge is 0.389 e. The Morgan fingerprint density at radius 3 is 2.25 bits per heavy atom. The smallest absolute Gasteiger partial charge is 0.222 e. The van der Waals surface area contributed by atoms with E-state index in [4.69, 9.17) is 5.11 Å². The van der Waals surface area contributed by atoms with E-state index in [1.165, 1.54) is 0 Å². The third-order valence-electron chi connectivity index (χ3n) is 1.62. The molecule has 0 bridgehead atoms. The van der Waals surface area contributed by atoms with Crippen LogP contribution in [-0.4, -0.2) is 8.90 Å². The van der Waals surface area contributed by atoms with E-state index in [9.17, 15) is 4.79 Å². The molecule has 3 heteroatoms. The molecule has 0 spiro atoms. The van der Waals surface area contributed by atoms with Crippen LogP contribution in [0.1, 0.15) is 28.9 Å². The second-order valence-electron chi connectivity index (χ2n) is 2.57. The third-order valence-corrected chi connectivity index (χ3v) is 2.24. The average Bonchev–Trinajstić information content (AvgIpc) is 2.04. The molecule has 0 aliphatic heterocycles. The first-order valence-corrected chi connectivity index (χ1v) is 4.67. The fraction of sp³-hybridized carbons (Fsp3) is 0.222. The topological polar surface area (TPSA) is 37.3 Å². The van der Waals surface area contributed by atoms with Crippen molar-refractivity contribution in [2.75, 3.05) is 0 Å². The molecule has 0 saturated carbocycles. The number of aliphatic hydroxyl groups excluding tert-OH is 1. The molecule has 1 rings (SSSR count). The summed E-state index contributed by atoms with van der Waals surface area (Å²) in [6.07, 6.45) is -0.469. The van der Waals surface area contributed by atoms with E-state index in [2.05, 4.69) is 0 Å². The van der Waals surface area contributed by atoms with Gasteiger partial charge >= 0.3 is 0 Å². The van der Waals surface area contributed by atoms with E-state index in [1.807, 2.05) is 0 Å². The fourth-order valence-corrected chi connectivity index (χ4v) is 1.25. The van der Waals surface area contributed by atoms with E-state index < -0.39 is 6.10 Å². The second-order valence-corrected chi connectivity index (χ2v) is 3.55. The molecule has 1 atom stereocenters. The number of carbonyl (C=O) groups is 1. The zero-order chi connectivity index (χ0) is 9.14. The van der Waals surface area contributed by atoms with Gasteiger partial charge in [0.15, 0.2) is 0 Å². The Morgan fingerprint density at radius 1 is 1.42 bits per heavy atom. The van der Waals surface area contributed by atoms with Gasteiger partial charge in [0.2, 0.25) is 3.79 Å². The molecule has 0 aliphatic rings. The van der Waals surface area contributed by atoms with Crippen LogP contribution in [0.2, 0.25) is 0 Å². The number of rotatable bonds is 2. The Labute approximate surface area is 84.7 Å². The molecule has 1 aromatic rings. The molecule has 0 aliphatic carbocycles. The predicted octanol–water partition coefficient (Wildman–Crippen LogP) is 2.32. The van der Waals surface area contributed by atoms with Crippen molar-refractivity contribution in [3.8, 4) is 0 Å². The Morgan fingerprint density at radius 2 is 1.92 bits per heavy atom. The molecule has 2 nitrogen and oxygen atoms in total. The second kappa shape index (κ2) is 4.00. The molecule has 0 aromatic heterocycles. The Hall–Kier alpha value is -0.420. The van der Waals surface area contributed by atoms with Crippen LogP contribution in [0.3, 0.4) is 0 Å². The van der Waals surface area contributed by atoms with Crippen molar-refractivity contribution in [2.45, 2.75) is 13.0 Å². The average molecular weight is 276 g/mol. The summed E-state index contributed by atoms with van der Waals surface area (Å²) in [5, 5.41) is 9.17. The van der Waals surface area contributed by atoms with E-state index in [0.717, 1.165) is 5.56 Å². The molecular weight excluding hydrogens is 267 g/mol. The lowest BCUT2D eigenvalue weighted by molar-refractivity contribution is 0.110. The molecule has 12 heavy (non-hydrogen) atoms. The fourth-order valence-electron chi connectivity index (χ4n) is 0.893. The molecule has 0 heterocycles. The van der Waals surface area contributed by atoms with Gasteiger partial charge in [-0.05, 0) is 12.5 Å². The van der Waals surface area contributed by atoms with E-state index in [0.29, 0.717) is 5.56 Å². The van der Waals surface area contributed by atoms with Gasteiger partial charge in [0.25, 0.3) is 0 Å². The quantitative estimate of drug-likeness (QED) is 0.665. The van der Waals surface area contributed by atoms with Crippen molar-refractivity contribution in [3.63, 3.8) is 0 Å². The molecule has 0 radical (unpaired) electrons. The normalized spacial score (nSPS) is 12.6. The van der Waals surface area contributed by atoms with Crippen molar-refractivity contribution in [1.82, 2.24) is 0 Å². The Kier molecular flexibility index (Phi) is 3.22. The lowest BCUT2D eigenvalue weighted by Gasteiger charge is -2.03. The van der Waals surface area contributed by atoms with Crippen LogP contribution in [0.25, 0.3) is 0 Å². The zero-order valence-corrected chi connectivity index (χ0v) is 8.78. The molecule has 1 N–H and O–H groups in total. The molecule has 0 fully saturated rings. The summed E-state index contributed by atoms with van der Waals surface area (Å²) >= 11 is 1.74. The zero-order valence-electron chi connectivity index (χ0n) is 6.62. The van der Waals surface area contributed by atoms with Crippen LogP contribution in [0.4, 0.5) is 0 Å². The summed E-state index contributed by atoms with van der Waals surface area (Å²) in [6, 6.07) is 6.96. The minimum absolute atomic E-state index is 0.0183. The third kappa shape index (κ3) is 2.28. The summed E-state index contributed by atoms with van der Waals surface area (Å²) in [6.45, 7) is 1.70. The summed E-state index contributed by atoms with van der Waals surface area (Å²) in [7, 11) is 0. The van der Waals surface area contributed by atoms with Gasteiger partial charge in [-0.3, -0.25) is 4.79 Å². The van der Waals surface area contributed by atoms with Gasteiger partial charge in [-0.2, -0.15) is 0 Å². The summed E-state index contributed by atoms with van der Waals surface area (Å²) < 4.78 is 0.0183. The first-order valence-electron chi connectivity index (χ1n) is 3.59. The molecule has 64 valence electrons. The monoisotopic (exact) mass is 276 g/mol. The number of aliphatic hydroxyl groups is 1. The first-order chi connectivity index (χ1) is 5.61. The van der Waals surface area contributed by atoms with Crippen molar-refractivity contribution in [1.29, 1.82) is 0 Å². The van der Waals surface area contributed by atoms with Gasteiger partial charge < -0.3 is 5.11 Å². The van der Waals surface area contributed by atoms with Gasteiger partial charge in [-0.25, -0.2) is 0 Å². The minimum atomic E-state index is -0.469. The van der Waals surface area contributed by atoms with Crippen molar-refractivity contribution < 1.29 is 9.90 Å². The maximum absolute atomic E-state index is 10.9. The van der Waals surface area contributed by atoms with Gasteiger partial charge in [0.05, 0.1) is 6.10 Å². The highest BCUT2D eigenvalue weighted by Crippen LogP contribution is 2.14. The first kappa shape index (κ1) is 9.67. The molecule has 1 unspecified atom stereocenters. The highest BCUT2D eigenvalue weighted by atomic mass is 127. The van der Waals surface area contributed by atoms with Gasteiger partial charge in [-0.1, -0.05) is 24.3 Å². The highest BCUT2D eigenvalue weighted by molar-refractivity contribution is 14.1. The van der Waals surface area contributed by atoms with Gasteiger partial charge in [0.1, 0.15) is 0 Å². The maximum atomic E-state index is 10.9. The standard InChI is InChI=1S/C9H9IO2/c1-6(11)7-2-4-8(5-3-7)9(10)12/h2-6,11H,1H3. The Balaban J connectivity index is 2.93. The summed E-state index contributed by atoms with van der Waals surface area (Å²) in [4.78, 5) is 10.9. The van der Waals surface area contributed by atoms with Crippen molar-refractivity contribution >= 4 is 26.4 Å². The predicted molar refractivity (Wildman–Crippen MR) is 55.4 cm³/mol. The number of carbonyl (C=O) groups excluding carboxylic acids is 1. The van der Waals surface area contributed by atoms with Crippen LogP contribution < -0.4 is 0 Å². The molecule has 1 aromatic carbocycles. The summed E-state index contributed by atoms with van der Waals surface area (Å²) in [5.74, 6) is 0. The van der Waals surface area contributed by atoms with E-state index in [1.54, 1.807) is 53.8 Å². The van der Waals surface area contributed by atoms with Crippen molar-refractivity contribution in [2.24, 2.45) is 0 Å². The molecular formula is C9H9IO2. The number of hydrogen-bond acceptors (Lipinski definition) is 2. The molecule has 0 saturated heterocycles. The van der Waals surface area contributed by atoms with Gasteiger partial charge in [0, 0.05) is 28.2 Å². The summed E-state index contributed by atoms with van der Waals surface area (Å²) in [5.41, 5.74) is 1.50. The highest BCUT2D eigenvalue weighted by Gasteiger charge is 2.02. The van der Waals surface area contributed by atoms with E-state index >= 15 is 0 Å². The maximum Gasteiger partial charge on any atom is 0.222 e. The van der Waals surface area contributed by atoms with Crippen LogP contribution in [0.5, 0.6) is 0 Å². The van der Waals surface area contributed by atoms with Crippen LogP contribution >= 0.6 is 22.6 Å². The molecule has 0 amide bonds.